The Bertz CT molecular complexity index is 390. The first-order valence-corrected chi connectivity index (χ1v) is 6.77. The van der Waals surface area contributed by atoms with Gasteiger partial charge in [-0.05, 0) is 38.1 Å². The molecule has 1 amide bonds. The van der Waals surface area contributed by atoms with E-state index in [9.17, 15) is 4.79 Å². The lowest BCUT2D eigenvalue weighted by molar-refractivity contribution is 0.0664. The van der Waals surface area contributed by atoms with Gasteiger partial charge in [-0.3, -0.25) is 4.79 Å². The predicted molar refractivity (Wildman–Crippen MR) is 66.2 cm³/mol. The third kappa shape index (κ3) is 2.27. The minimum Gasteiger partial charge on any atom is -0.364 e. The third-order valence-corrected chi connectivity index (χ3v) is 4.15. The lowest BCUT2D eigenvalue weighted by Crippen LogP contribution is -2.43. The van der Waals surface area contributed by atoms with Gasteiger partial charge >= 0.3 is 0 Å². The number of nitrogens with one attached hydrogen (secondary N) is 1. The van der Waals surface area contributed by atoms with Crippen LogP contribution in [0.4, 0.5) is 0 Å². The van der Waals surface area contributed by atoms with E-state index >= 15 is 0 Å². The largest absolute Gasteiger partial charge is 0.364 e. The molecule has 0 saturated carbocycles. The van der Waals surface area contributed by atoms with E-state index in [4.69, 9.17) is 4.52 Å². The van der Waals surface area contributed by atoms with Crippen LogP contribution in [0.5, 0.6) is 0 Å². The SMILES string of the molecule is O=C(c1ccon1)N1CCC(C2CCCN2)CC1. The van der Waals surface area contributed by atoms with Gasteiger partial charge in [-0.25, -0.2) is 0 Å². The molecule has 0 radical (unpaired) electrons. The quantitative estimate of drug-likeness (QED) is 0.857. The van der Waals surface area contributed by atoms with Gasteiger partial charge < -0.3 is 14.7 Å². The molecule has 5 nitrogen and oxygen atoms in total. The molecule has 0 aliphatic carbocycles. The van der Waals surface area contributed by atoms with E-state index in [0.717, 1.165) is 38.4 Å². The molecule has 0 spiro atoms. The summed E-state index contributed by atoms with van der Waals surface area (Å²) < 4.78 is 4.72. The van der Waals surface area contributed by atoms with Gasteiger partial charge in [-0.1, -0.05) is 5.16 Å². The van der Waals surface area contributed by atoms with Crippen molar-refractivity contribution >= 4 is 5.91 Å². The number of rotatable bonds is 2. The van der Waals surface area contributed by atoms with Gasteiger partial charge in [0.05, 0.1) is 0 Å². The Hall–Kier alpha value is -1.36. The Labute approximate surface area is 107 Å². The molecule has 1 aromatic heterocycles. The predicted octanol–water partition coefficient (Wildman–Crippen LogP) is 1.28. The minimum atomic E-state index is 0.00146. The molecule has 98 valence electrons. The fourth-order valence-corrected chi connectivity index (χ4v) is 3.10. The average Bonchev–Trinajstić information content (AvgIpc) is 3.11. The van der Waals surface area contributed by atoms with E-state index in [1.165, 1.54) is 19.1 Å². The van der Waals surface area contributed by atoms with Crippen molar-refractivity contribution in [3.05, 3.63) is 18.0 Å². The van der Waals surface area contributed by atoms with E-state index in [0.29, 0.717) is 11.7 Å². The van der Waals surface area contributed by atoms with Crippen molar-refractivity contribution < 1.29 is 9.32 Å². The van der Waals surface area contributed by atoms with Crippen LogP contribution in [0.3, 0.4) is 0 Å². The molecule has 3 heterocycles. The smallest absolute Gasteiger partial charge is 0.276 e. The molecule has 0 bridgehead atoms. The Balaban J connectivity index is 1.55. The summed E-state index contributed by atoms with van der Waals surface area (Å²) >= 11 is 0. The highest BCUT2D eigenvalue weighted by molar-refractivity contribution is 5.92. The number of likely N-dealkylation sites (tertiary alicyclic amines) is 1. The standard InChI is InChI=1S/C13H19N3O2/c17-13(12-5-9-18-15-12)16-7-3-10(4-8-16)11-2-1-6-14-11/h5,9-11,14H,1-4,6-8H2. The highest BCUT2D eigenvalue weighted by atomic mass is 16.5. The highest BCUT2D eigenvalue weighted by Crippen LogP contribution is 2.26. The fraction of sp³-hybridized carbons (Fsp3) is 0.692. The molecule has 2 fully saturated rings. The van der Waals surface area contributed by atoms with E-state index in [-0.39, 0.29) is 5.91 Å². The lowest BCUT2D eigenvalue weighted by Gasteiger charge is -2.34. The number of hydrogen-bond acceptors (Lipinski definition) is 4. The van der Waals surface area contributed by atoms with Gasteiger partial charge in [0.1, 0.15) is 6.26 Å². The summed E-state index contributed by atoms with van der Waals surface area (Å²) in [5.41, 5.74) is 0.424. The number of hydrogen-bond donors (Lipinski definition) is 1. The second kappa shape index (κ2) is 5.10. The van der Waals surface area contributed by atoms with Crippen LogP contribution in [0.1, 0.15) is 36.2 Å². The molecule has 2 aliphatic rings. The Morgan fingerprint density at radius 1 is 1.39 bits per heavy atom. The molecule has 1 atom stereocenters. The maximum absolute atomic E-state index is 12.1. The van der Waals surface area contributed by atoms with E-state index in [1.54, 1.807) is 6.07 Å². The molecule has 1 unspecified atom stereocenters. The topological polar surface area (TPSA) is 58.4 Å². The maximum Gasteiger partial charge on any atom is 0.276 e. The molecule has 1 N–H and O–H groups in total. The first-order chi connectivity index (χ1) is 8.84. The minimum absolute atomic E-state index is 0.00146. The van der Waals surface area contributed by atoms with Crippen LogP contribution in [0.2, 0.25) is 0 Å². The summed E-state index contributed by atoms with van der Waals surface area (Å²) in [6.45, 7) is 2.84. The second-order valence-electron chi connectivity index (χ2n) is 5.22. The highest BCUT2D eigenvalue weighted by Gasteiger charge is 2.30. The van der Waals surface area contributed by atoms with Crippen LogP contribution in [-0.4, -0.2) is 41.6 Å². The van der Waals surface area contributed by atoms with Crippen molar-refractivity contribution in [1.29, 1.82) is 0 Å². The van der Waals surface area contributed by atoms with Crippen molar-refractivity contribution in [2.75, 3.05) is 19.6 Å². The van der Waals surface area contributed by atoms with Crippen LogP contribution >= 0.6 is 0 Å². The van der Waals surface area contributed by atoms with Gasteiger partial charge in [0, 0.05) is 25.2 Å². The van der Waals surface area contributed by atoms with E-state index < -0.39 is 0 Å². The Morgan fingerprint density at radius 3 is 2.83 bits per heavy atom. The molecular formula is C13H19N3O2. The molecule has 1 aromatic rings. The average molecular weight is 249 g/mol. The van der Waals surface area contributed by atoms with Gasteiger partial charge in [-0.15, -0.1) is 0 Å². The van der Waals surface area contributed by atoms with Crippen LogP contribution in [0, 0.1) is 5.92 Å². The number of piperidine rings is 1. The number of carbonyl (C=O) groups is 1. The Morgan fingerprint density at radius 2 is 2.22 bits per heavy atom. The molecule has 0 aromatic carbocycles. The van der Waals surface area contributed by atoms with Crippen LogP contribution in [0.15, 0.2) is 16.9 Å². The van der Waals surface area contributed by atoms with Crippen LogP contribution in [-0.2, 0) is 0 Å². The van der Waals surface area contributed by atoms with Gasteiger partial charge in [0.25, 0.3) is 5.91 Å². The number of carbonyl (C=O) groups excluding carboxylic acids is 1. The van der Waals surface area contributed by atoms with Gasteiger partial charge in [-0.2, -0.15) is 0 Å². The van der Waals surface area contributed by atoms with Crippen LogP contribution in [0.25, 0.3) is 0 Å². The summed E-state index contributed by atoms with van der Waals surface area (Å²) in [5, 5.41) is 7.28. The third-order valence-electron chi connectivity index (χ3n) is 4.15. The zero-order valence-electron chi connectivity index (χ0n) is 10.5. The maximum atomic E-state index is 12.1. The molecule has 2 saturated heterocycles. The fourth-order valence-electron chi connectivity index (χ4n) is 3.10. The van der Waals surface area contributed by atoms with E-state index in [2.05, 4.69) is 10.5 Å². The molecule has 2 aliphatic heterocycles. The van der Waals surface area contributed by atoms with Crippen molar-refractivity contribution in [3.8, 4) is 0 Å². The molecular weight excluding hydrogens is 230 g/mol. The molecule has 3 rings (SSSR count). The number of amides is 1. The van der Waals surface area contributed by atoms with Crippen molar-refractivity contribution in [2.45, 2.75) is 31.7 Å². The van der Waals surface area contributed by atoms with Gasteiger partial charge in [0.15, 0.2) is 5.69 Å². The van der Waals surface area contributed by atoms with Crippen molar-refractivity contribution in [1.82, 2.24) is 15.4 Å². The van der Waals surface area contributed by atoms with Crippen molar-refractivity contribution in [3.63, 3.8) is 0 Å². The van der Waals surface area contributed by atoms with E-state index in [1.807, 2.05) is 4.90 Å². The zero-order chi connectivity index (χ0) is 12.4. The summed E-state index contributed by atoms with van der Waals surface area (Å²) in [7, 11) is 0. The first kappa shape index (κ1) is 11.7. The molecule has 5 heteroatoms. The first-order valence-electron chi connectivity index (χ1n) is 6.77. The lowest BCUT2D eigenvalue weighted by atomic mass is 9.88. The summed E-state index contributed by atoms with van der Waals surface area (Å²) in [4.78, 5) is 14.0. The summed E-state index contributed by atoms with van der Waals surface area (Å²) in [6, 6.07) is 2.31. The van der Waals surface area contributed by atoms with Crippen LogP contribution < -0.4 is 5.32 Å². The summed E-state index contributed by atoms with van der Waals surface area (Å²) in [6.07, 6.45) is 6.23. The number of nitrogens with zero attached hydrogens (tertiary/aromatic N) is 2. The summed E-state index contributed by atoms with van der Waals surface area (Å²) in [5.74, 6) is 0.732. The zero-order valence-corrected chi connectivity index (χ0v) is 10.5. The number of aromatic nitrogens is 1. The molecule has 18 heavy (non-hydrogen) atoms. The normalized spacial score (nSPS) is 25.6. The second-order valence-corrected chi connectivity index (χ2v) is 5.22. The van der Waals surface area contributed by atoms with Gasteiger partial charge in [0.2, 0.25) is 0 Å². The Kier molecular flexibility index (Phi) is 3.32. The van der Waals surface area contributed by atoms with Crippen molar-refractivity contribution in [2.24, 2.45) is 5.92 Å². The monoisotopic (exact) mass is 249 g/mol.